The van der Waals surface area contributed by atoms with Crippen molar-refractivity contribution >= 4 is 15.7 Å². The maximum absolute atomic E-state index is 12.2. The van der Waals surface area contributed by atoms with Gasteiger partial charge in [0.2, 0.25) is 5.56 Å². The van der Waals surface area contributed by atoms with Crippen LogP contribution in [0, 0.1) is 0 Å². The standard InChI is InChI=1S/C13H14N2O4S/c1-2-19-12-6-4-3-5-11(12)15-20(17,18)10-7-8-13(16)14-9-10/h3-9,15H,2H2,1H3,(H,14,16). The van der Waals surface area contributed by atoms with Crippen molar-refractivity contribution in [3.8, 4) is 5.75 Å². The maximum Gasteiger partial charge on any atom is 0.263 e. The number of ether oxygens (including phenoxy) is 1. The van der Waals surface area contributed by atoms with Crippen LogP contribution in [-0.2, 0) is 10.0 Å². The first-order valence-electron chi connectivity index (χ1n) is 5.96. The van der Waals surface area contributed by atoms with E-state index in [2.05, 4.69) is 9.71 Å². The summed E-state index contributed by atoms with van der Waals surface area (Å²) in [4.78, 5) is 13.3. The zero-order chi connectivity index (χ0) is 14.6. The first kappa shape index (κ1) is 14.1. The molecule has 6 nitrogen and oxygen atoms in total. The number of anilines is 1. The highest BCUT2D eigenvalue weighted by Crippen LogP contribution is 2.26. The van der Waals surface area contributed by atoms with Gasteiger partial charge in [-0.2, -0.15) is 0 Å². The Morgan fingerprint density at radius 3 is 2.60 bits per heavy atom. The van der Waals surface area contributed by atoms with Gasteiger partial charge < -0.3 is 9.72 Å². The molecule has 0 atom stereocenters. The number of rotatable bonds is 5. The second-order valence-electron chi connectivity index (χ2n) is 3.92. The van der Waals surface area contributed by atoms with E-state index in [1.54, 1.807) is 24.3 Å². The van der Waals surface area contributed by atoms with Crippen molar-refractivity contribution in [3.05, 3.63) is 52.9 Å². The molecular formula is C13H14N2O4S. The summed E-state index contributed by atoms with van der Waals surface area (Å²) in [6.07, 6.45) is 1.15. The highest BCUT2D eigenvalue weighted by molar-refractivity contribution is 7.92. The molecule has 1 aromatic heterocycles. The minimum atomic E-state index is -3.77. The van der Waals surface area contributed by atoms with Gasteiger partial charge in [-0.15, -0.1) is 0 Å². The monoisotopic (exact) mass is 294 g/mol. The number of H-pyrrole nitrogens is 1. The molecule has 0 amide bonds. The van der Waals surface area contributed by atoms with E-state index in [0.29, 0.717) is 18.0 Å². The van der Waals surface area contributed by atoms with E-state index in [4.69, 9.17) is 4.74 Å². The fourth-order valence-corrected chi connectivity index (χ4v) is 2.64. The molecule has 0 aliphatic rings. The largest absolute Gasteiger partial charge is 0.492 e. The summed E-state index contributed by atoms with van der Waals surface area (Å²) in [6.45, 7) is 2.24. The summed E-state index contributed by atoms with van der Waals surface area (Å²) in [5.74, 6) is 0.447. The second-order valence-corrected chi connectivity index (χ2v) is 5.61. The van der Waals surface area contributed by atoms with Crippen LogP contribution in [0.4, 0.5) is 5.69 Å². The number of aromatic amines is 1. The summed E-state index contributed by atoms with van der Waals surface area (Å²) in [5.41, 5.74) is -0.0146. The van der Waals surface area contributed by atoms with Gasteiger partial charge in [-0.05, 0) is 25.1 Å². The lowest BCUT2D eigenvalue weighted by molar-refractivity contribution is 0.342. The van der Waals surface area contributed by atoms with Crippen LogP contribution in [-0.4, -0.2) is 20.0 Å². The Bertz CT molecular complexity index is 732. The van der Waals surface area contributed by atoms with Gasteiger partial charge in [-0.1, -0.05) is 12.1 Å². The lowest BCUT2D eigenvalue weighted by Crippen LogP contribution is -2.15. The van der Waals surface area contributed by atoms with Gasteiger partial charge >= 0.3 is 0 Å². The molecule has 0 unspecified atom stereocenters. The molecule has 0 radical (unpaired) electrons. The smallest absolute Gasteiger partial charge is 0.263 e. The lowest BCUT2D eigenvalue weighted by Gasteiger charge is -2.12. The molecule has 0 aliphatic carbocycles. The minimum absolute atomic E-state index is 0.0246. The van der Waals surface area contributed by atoms with Crippen LogP contribution in [0.5, 0.6) is 5.75 Å². The van der Waals surface area contributed by atoms with Crippen molar-refractivity contribution < 1.29 is 13.2 Å². The molecule has 2 N–H and O–H groups in total. The normalized spacial score (nSPS) is 11.1. The van der Waals surface area contributed by atoms with E-state index in [1.165, 1.54) is 6.07 Å². The molecule has 2 rings (SSSR count). The van der Waals surface area contributed by atoms with E-state index < -0.39 is 10.0 Å². The molecule has 106 valence electrons. The first-order valence-corrected chi connectivity index (χ1v) is 7.44. The SMILES string of the molecule is CCOc1ccccc1NS(=O)(=O)c1ccc(=O)[nH]c1. The summed E-state index contributed by atoms with van der Waals surface area (Å²) >= 11 is 0. The minimum Gasteiger partial charge on any atom is -0.492 e. The molecular weight excluding hydrogens is 280 g/mol. The van der Waals surface area contributed by atoms with E-state index in [9.17, 15) is 13.2 Å². The summed E-state index contributed by atoms with van der Waals surface area (Å²) in [5, 5.41) is 0. The van der Waals surface area contributed by atoms with Crippen molar-refractivity contribution in [2.75, 3.05) is 11.3 Å². The predicted molar refractivity (Wildman–Crippen MR) is 75.5 cm³/mol. The van der Waals surface area contributed by atoms with E-state index in [1.807, 2.05) is 6.92 Å². The fraction of sp³-hybridized carbons (Fsp3) is 0.154. The molecule has 0 bridgehead atoms. The number of benzene rings is 1. The van der Waals surface area contributed by atoms with E-state index >= 15 is 0 Å². The zero-order valence-corrected chi connectivity index (χ0v) is 11.6. The number of sulfonamides is 1. The summed E-state index contributed by atoms with van der Waals surface area (Å²) < 4.78 is 32.1. The highest BCUT2D eigenvalue weighted by Gasteiger charge is 2.16. The fourth-order valence-electron chi connectivity index (χ4n) is 1.60. The van der Waals surface area contributed by atoms with Crippen LogP contribution in [0.15, 0.2) is 52.3 Å². The third-order valence-corrected chi connectivity index (χ3v) is 3.86. The quantitative estimate of drug-likeness (QED) is 0.876. The number of hydrogen-bond donors (Lipinski definition) is 2. The summed E-state index contributed by atoms with van der Waals surface area (Å²) in [6, 6.07) is 9.13. The molecule has 20 heavy (non-hydrogen) atoms. The van der Waals surface area contributed by atoms with Crippen LogP contribution < -0.4 is 15.0 Å². The molecule has 1 heterocycles. The average Bonchev–Trinajstić information content (AvgIpc) is 2.41. The van der Waals surface area contributed by atoms with Crippen molar-refractivity contribution in [3.63, 3.8) is 0 Å². The predicted octanol–water partition coefficient (Wildman–Crippen LogP) is 1.57. The van der Waals surface area contributed by atoms with E-state index in [-0.39, 0.29) is 10.5 Å². The first-order chi connectivity index (χ1) is 9.53. The van der Waals surface area contributed by atoms with Crippen LogP contribution in [0.25, 0.3) is 0 Å². The van der Waals surface area contributed by atoms with Crippen LogP contribution in [0.3, 0.4) is 0 Å². The number of nitrogens with one attached hydrogen (secondary N) is 2. The number of hydrogen-bond acceptors (Lipinski definition) is 4. The summed E-state index contributed by atoms with van der Waals surface area (Å²) in [7, 11) is -3.77. The number of aromatic nitrogens is 1. The molecule has 0 saturated carbocycles. The Hall–Kier alpha value is -2.28. The Morgan fingerprint density at radius 1 is 1.20 bits per heavy atom. The molecule has 0 aliphatic heterocycles. The van der Waals surface area contributed by atoms with Gasteiger partial charge in [0.1, 0.15) is 10.6 Å². The third kappa shape index (κ3) is 3.18. The molecule has 0 saturated heterocycles. The Morgan fingerprint density at radius 2 is 1.95 bits per heavy atom. The van der Waals surface area contributed by atoms with Gasteiger partial charge in [-0.3, -0.25) is 9.52 Å². The van der Waals surface area contributed by atoms with Crippen molar-refractivity contribution in [1.82, 2.24) is 4.98 Å². The zero-order valence-electron chi connectivity index (χ0n) is 10.8. The molecule has 2 aromatic rings. The average molecular weight is 294 g/mol. The molecule has 1 aromatic carbocycles. The number of pyridine rings is 1. The van der Waals surface area contributed by atoms with Crippen LogP contribution >= 0.6 is 0 Å². The van der Waals surface area contributed by atoms with Crippen molar-refractivity contribution in [2.24, 2.45) is 0 Å². The molecule has 7 heteroatoms. The maximum atomic E-state index is 12.2. The third-order valence-electron chi connectivity index (χ3n) is 2.50. The van der Waals surface area contributed by atoms with Gasteiger partial charge in [-0.25, -0.2) is 8.42 Å². The topological polar surface area (TPSA) is 88.3 Å². The van der Waals surface area contributed by atoms with Gasteiger partial charge in [0, 0.05) is 12.3 Å². The van der Waals surface area contributed by atoms with Gasteiger partial charge in [0.15, 0.2) is 0 Å². The van der Waals surface area contributed by atoms with Gasteiger partial charge in [0.05, 0.1) is 12.3 Å². The Labute approximate surface area is 116 Å². The molecule has 0 spiro atoms. The van der Waals surface area contributed by atoms with Crippen molar-refractivity contribution in [2.45, 2.75) is 11.8 Å². The Balaban J connectivity index is 2.33. The number of para-hydroxylation sites is 2. The van der Waals surface area contributed by atoms with Crippen molar-refractivity contribution in [1.29, 1.82) is 0 Å². The highest BCUT2D eigenvalue weighted by atomic mass is 32.2. The van der Waals surface area contributed by atoms with Crippen LogP contribution in [0.2, 0.25) is 0 Å². The Kier molecular flexibility index (Phi) is 4.09. The van der Waals surface area contributed by atoms with E-state index in [0.717, 1.165) is 12.3 Å². The second kappa shape index (κ2) is 5.79. The lowest BCUT2D eigenvalue weighted by atomic mass is 10.3. The molecule has 0 fully saturated rings. The van der Waals surface area contributed by atoms with Crippen LogP contribution in [0.1, 0.15) is 6.92 Å². The van der Waals surface area contributed by atoms with Gasteiger partial charge in [0.25, 0.3) is 10.0 Å².